The van der Waals surface area contributed by atoms with Crippen molar-refractivity contribution in [2.24, 2.45) is 0 Å². The van der Waals surface area contributed by atoms with Crippen molar-refractivity contribution in [2.75, 3.05) is 29.9 Å². The van der Waals surface area contributed by atoms with Crippen molar-refractivity contribution in [3.05, 3.63) is 37.1 Å². The van der Waals surface area contributed by atoms with Gasteiger partial charge in [-0.1, -0.05) is 0 Å². The van der Waals surface area contributed by atoms with Gasteiger partial charge in [0.25, 0.3) is 0 Å². The highest BCUT2D eigenvalue weighted by Crippen LogP contribution is 2.23. The van der Waals surface area contributed by atoms with Gasteiger partial charge in [0.05, 0.1) is 12.2 Å². The summed E-state index contributed by atoms with van der Waals surface area (Å²) in [6.45, 7) is 1.82. The maximum atomic E-state index is 4.49. The van der Waals surface area contributed by atoms with Crippen LogP contribution < -0.4 is 9.80 Å². The van der Waals surface area contributed by atoms with Crippen molar-refractivity contribution in [3.63, 3.8) is 0 Å². The van der Waals surface area contributed by atoms with Crippen LogP contribution in [0.2, 0.25) is 0 Å². The first-order chi connectivity index (χ1) is 10.3. The van der Waals surface area contributed by atoms with Gasteiger partial charge in [-0.15, -0.1) is 15.3 Å². The normalized spacial score (nSPS) is 15.2. The lowest BCUT2D eigenvalue weighted by Gasteiger charge is -2.44. The minimum atomic E-state index is 0.417. The molecule has 0 aliphatic carbocycles. The van der Waals surface area contributed by atoms with Gasteiger partial charge in [-0.3, -0.25) is 4.98 Å². The third-order valence-electron chi connectivity index (χ3n) is 3.79. The summed E-state index contributed by atoms with van der Waals surface area (Å²) < 4.78 is 1.69. The number of aromatic nitrogens is 6. The van der Waals surface area contributed by atoms with Gasteiger partial charge in [-0.2, -0.15) is 4.52 Å². The molecule has 1 aliphatic rings. The summed E-state index contributed by atoms with van der Waals surface area (Å²) in [6, 6.07) is 4.32. The lowest BCUT2D eigenvalue weighted by atomic mass is 10.1. The van der Waals surface area contributed by atoms with Gasteiger partial charge in [-0.05, 0) is 12.1 Å². The fourth-order valence-electron chi connectivity index (χ4n) is 2.43. The Labute approximate surface area is 121 Å². The molecular weight excluding hydrogens is 268 g/mol. The summed E-state index contributed by atoms with van der Waals surface area (Å²) in [5.74, 6) is 1.83. The molecule has 0 N–H and O–H groups in total. The van der Waals surface area contributed by atoms with E-state index in [2.05, 4.69) is 35.1 Å². The third-order valence-corrected chi connectivity index (χ3v) is 3.79. The SMILES string of the molecule is CN(c1cnccn1)C1CN(c2ccc3nncn3n2)C1. The van der Waals surface area contributed by atoms with E-state index in [9.17, 15) is 0 Å². The van der Waals surface area contributed by atoms with E-state index in [1.54, 1.807) is 29.4 Å². The molecule has 106 valence electrons. The molecule has 3 aromatic heterocycles. The van der Waals surface area contributed by atoms with Crippen LogP contribution in [-0.2, 0) is 0 Å². The molecule has 0 unspecified atom stereocenters. The molecule has 0 radical (unpaired) electrons. The Bertz CT molecular complexity index is 749. The van der Waals surface area contributed by atoms with Gasteiger partial charge < -0.3 is 9.80 Å². The zero-order chi connectivity index (χ0) is 14.2. The molecule has 1 saturated heterocycles. The van der Waals surface area contributed by atoms with Crippen LogP contribution >= 0.6 is 0 Å². The molecule has 0 aromatic carbocycles. The Kier molecular flexibility index (Phi) is 2.66. The quantitative estimate of drug-likeness (QED) is 0.681. The van der Waals surface area contributed by atoms with Crippen molar-refractivity contribution < 1.29 is 0 Å². The van der Waals surface area contributed by atoms with Gasteiger partial charge in [0.1, 0.15) is 18.0 Å². The first-order valence-electron chi connectivity index (χ1n) is 6.72. The molecule has 1 fully saturated rings. The molecule has 0 bridgehead atoms. The van der Waals surface area contributed by atoms with Crippen LogP contribution in [0, 0.1) is 0 Å². The smallest absolute Gasteiger partial charge is 0.177 e. The van der Waals surface area contributed by atoms with E-state index < -0.39 is 0 Å². The Morgan fingerprint density at radius 3 is 2.95 bits per heavy atom. The lowest BCUT2D eigenvalue weighted by Crippen LogP contribution is -2.59. The summed E-state index contributed by atoms with van der Waals surface area (Å²) in [7, 11) is 2.04. The standard InChI is InChI=1S/C13H14N8/c1-19(13-6-14-4-5-15-13)10-7-20(8-10)12-3-2-11-17-16-9-21(11)18-12/h2-6,9-10H,7-8H2,1H3. The second-order valence-corrected chi connectivity index (χ2v) is 5.06. The minimum Gasteiger partial charge on any atom is -0.352 e. The molecule has 0 amide bonds. The predicted octanol–water partition coefficient (Wildman–Crippen LogP) is 0.239. The van der Waals surface area contributed by atoms with E-state index in [4.69, 9.17) is 0 Å². The Morgan fingerprint density at radius 2 is 2.14 bits per heavy atom. The maximum absolute atomic E-state index is 4.49. The van der Waals surface area contributed by atoms with Crippen LogP contribution in [0.1, 0.15) is 0 Å². The van der Waals surface area contributed by atoms with E-state index in [0.717, 1.165) is 30.4 Å². The summed E-state index contributed by atoms with van der Waals surface area (Å²) in [6.07, 6.45) is 6.79. The summed E-state index contributed by atoms with van der Waals surface area (Å²) in [4.78, 5) is 12.8. The van der Waals surface area contributed by atoms with Gasteiger partial charge in [0.15, 0.2) is 5.65 Å². The topological polar surface area (TPSA) is 75.3 Å². The minimum absolute atomic E-state index is 0.417. The van der Waals surface area contributed by atoms with Crippen molar-refractivity contribution in [3.8, 4) is 0 Å². The van der Waals surface area contributed by atoms with Crippen LogP contribution in [-0.4, -0.2) is 56.0 Å². The van der Waals surface area contributed by atoms with Gasteiger partial charge in [-0.25, -0.2) is 4.98 Å². The second-order valence-electron chi connectivity index (χ2n) is 5.06. The van der Waals surface area contributed by atoms with Crippen LogP contribution in [0.25, 0.3) is 5.65 Å². The van der Waals surface area contributed by atoms with Crippen LogP contribution in [0.4, 0.5) is 11.6 Å². The first-order valence-corrected chi connectivity index (χ1v) is 6.72. The number of hydrogen-bond donors (Lipinski definition) is 0. The number of rotatable bonds is 3. The zero-order valence-corrected chi connectivity index (χ0v) is 11.5. The fraction of sp³-hybridized carbons (Fsp3) is 0.308. The monoisotopic (exact) mass is 282 g/mol. The van der Waals surface area contributed by atoms with E-state index in [1.807, 2.05) is 19.2 Å². The molecule has 0 atom stereocenters. The molecule has 3 aromatic rings. The summed E-state index contributed by atoms with van der Waals surface area (Å²) in [5, 5.41) is 12.3. The zero-order valence-electron chi connectivity index (χ0n) is 11.5. The highest BCUT2D eigenvalue weighted by Gasteiger charge is 2.31. The number of fused-ring (bicyclic) bond motifs is 1. The molecule has 21 heavy (non-hydrogen) atoms. The Balaban J connectivity index is 1.47. The molecule has 1 aliphatic heterocycles. The molecule has 8 heteroatoms. The Hall–Kier alpha value is -2.77. The fourth-order valence-corrected chi connectivity index (χ4v) is 2.43. The second kappa shape index (κ2) is 4.65. The highest BCUT2D eigenvalue weighted by molar-refractivity contribution is 5.49. The number of anilines is 2. The van der Waals surface area contributed by atoms with E-state index >= 15 is 0 Å². The highest BCUT2D eigenvalue weighted by atomic mass is 15.4. The van der Waals surface area contributed by atoms with E-state index in [-0.39, 0.29) is 0 Å². The third kappa shape index (κ3) is 2.04. The molecular formula is C13H14N8. The average Bonchev–Trinajstić information content (AvgIpc) is 2.94. The van der Waals surface area contributed by atoms with Crippen LogP contribution in [0.3, 0.4) is 0 Å². The first kappa shape index (κ1) is 12.0. The van der Waals surface area contributed by atoms with Crippen molar-refractivity contribution in [1.29, 1.82) is 0 Å². The van der Waals surface area contributed by atoms with Crippen LogP contribution in [0.5, 0.6) is 0 Å². The molecule has 4 heterocycles. The molecule has 0 spiro atoms. The van der Waals surface area contributed by atoms with Gasteiger partial charge in [0, 0.05) is 32.5 Å². The van der Waals surface area contributed by atoms with Crippen molar-refractivity contribution in [1.82, 2.24) is 29.8 Å². The van der Waals surface area contributed by atoms with Crippen molar-refractivity contribution >= 4 is 17.3 Å². The van der Waals surface area contributed by atoms with E-state index in [0.29, 0.717) is 6.04 Å². The summed E-state index contributed by atoms with van der Waals surface area (Å²) >= 11 is 0. The van der Waals surface area contributed by atoms with Gasteiger partial charge >= 0.3 is 0 Å². The number of nitrogens with zero attached hydrogens (tertiary/aromatic N) is 8. The van der Waals surface area contributed by atoms with Crippen LogP contribution in [0.15, 0.2) is 37.1 Å². The molecule has 0 saturated carbocycles. The number of hydrogen-bond acceptors (Lipinski definition) is 7. The lowest BCUT2D eigenvalue weighted by molar-refractivity contribution is 0.486. The summed E-state index contributed by atoms with van der Waals surface area (Å²) in [5.41, 5.74) is 0.757. The van der Waals surface area contributed by atoms with Crippen molar-refractivity contribution in [2.45, 2.75) is 6.04 Å². The molecule has 8 nitrogen and oxygen atoms in total. The number of likely N-dealkylation sites (N-methyl/N-ethyl adjacent to an activating group) is 1. The largest absolute Gasteiger partial charge is 0.352 e. The average molecular weight is 282 g/mol. The maximum Gasteiger partial charge on any atom is 0.177 e. The van der Waals surface area contributed by atoms with E-state index in [1.165, 1.54) is 0 Å². The molecule has 4 rings (SSSR count). The Morgan fingerprint density at radius 1 is 1.24 bits per heavy atom. The predicted molar refractivity (Wildman–Crippen MR) is 77.2 cm³/mol. The van der Waals surface area contributed by atoms with Gasteiger partial charge in [0.2, 0.25) is 0 Å².